The van der Waals surface area contributed by atoms with E-state index in [0.29, 0.717) is 38.6 Å². The van der Waals surface area contributed by atoms with Crippen LogP contribution >= 0.6 is 0 Å². The first-order valence-corrected chi connectivity index (χ1v) is 9.77. The topological polar surface area (TPSA) is 59.1 Å². The molecule has 0 aliphatic carbocycles. The third-order valence-corrected chi connectivity index (χ3v) is 5.53. The summed E-state index contributed by atoms with van der Waals surface area (Å²) in [4.78, 5) is 29.1. The number of hydrogen-bond donors (Lipinski definition) is 0. The van der Waals surface area contributed by atoms with E-state index < -0.39 is 11.6 Å². The van der Waals surface area contributed by atoms with Crippen LogP contribution < -0.4 is 0 Å². The highest BCUT2D eigenvalue weighted by molar-refractivity contribution is 5.90. The number of morpholine rings is 1. The molecule has 0 spiro atoms. The fourth-order valence-electron chi connectivity index (χ4n) is 3.77. The van der Waals surface area contributed by atoms with E-state index in [0.717, 1.165) is 11.1 Å². The summed E-state index contributed by atoms with van der Waals surface area (Å²) in [5.74, 6) is 0.181. The molecule has 0 saturated carbocycles. The summed E-state index contributed by atoms with van der Waals surface area (Å²) in [6.45, 7) is 4.41. The maximum absolute atomic E-state index is 12.9. The molecule has 0 N–H and O–H groups in total. The second-order valence-corrected chi connectivity index (χ2v) is 7.32. The third-order valence-electron chi connectivity index (χ3n) is 5.53. The quantitative estimate of drug-likeness (QED) is 0.749. The largest absolute Gasteiger partial charge is 0.416 e. The normalized spacial score (nSPS) is 23.3. The van der Waals surface area contributed by atoms with Gasteiger partial charge >= 0.3 is 6.09 Å². The highest BCUT2D eigenvalue weighted by Gasteiger charge is 2.50. The molecule has 29 heavy (non-hydrogen) atoms. The SMILES string of the molecule is CC1(c2ccccc2)/C(=C/C(=O)N2CCOCC2)OC(=O)N1Cc1ccccc1. The zero-order valence-electron chi connectivity index (χ0n) is 16.4. The fraction of sp³-hybridized carbons (Fsp3) is 0.304. The van der Waals surface area contributed by atoms with Gasteiger partial charge in [-0.2, -0.15) is 0 Å². The number of cyclic esters (lactones) is 1. The molecule has 4 rings (SSSR count). The minimum atomic E-state index is -0.879. The predicted molar refractivity (Wildman–Crippen MR) is 108 cm³/mol. The maximum atomic E-state index is 12.9. The van der Waals surface area contributed by atoms with E-state index in [-0.39, 0.29) is 5.91 Å². The lowest BCUT2D eigenvalue weighted by atomic mass is 9.88. The van der Waals surface area contributed by atoms with Crippen molar-refractivity contribution in [3.63, 3.8) is 0 Å². The highest BCUT2D eigenvalue weighted by atomic mass is 16.6. The number of amides is 2. The summed E-state index contributed by atoms with van der Waals surface area (Å²) in [5.41, 5.74) is 1.01. The number of carbonyl (C=O) groups excluding carboxylic acids is 2. The first-order valence-electron chi connectivity index (χ1n) is 9.77. The van der Waals surface area contributed by atoms with E-state index in [1.165, 1.54) is 6.08 Å². The summed E-state index contributed by atoms with van der Waals surface area (Å²) in [7, 11) is 0. The Bertz CT molecular complexity index is 907. The maximum Gasteiger partial charge on any atom is 0.416 e. The number of hydrogen-bond acceptors (Lipinski definition) is 4. The van der Waals surface area contributed by atoms with Gasteiger partial charge in [0.15, 0.2) is 0 Å². The lowest BCUT2D eigenvalue weighted by molar-refractivity contribution is -0.130. The first kappa shape index (κ1) is 19.2. The Labute approximate surface area is 170 Å². The molecule has 6 nitrogen and oxygen atoms in total. The van der Waals surface area contributed by atoms with Crippen molar-refractivity contribution in [2.75, 3.05) is 26.3 Å². The van der Waals surface area contributed by atoms with Crippen LogP contribution in [-0.4, -0.2) is 48.1 Å². The van der Waals surface area contributed by atoms with Crippen molar-refractivity contribution < 1.29 is 19.1 Å². The summed E-state index contributed by atoms with van der Waals surface area (Å²) in [5, 5.41) is 0. The van der Waals surface area contributed by atoms with Crippen LogP contribution in [0.2, 0.25) is 0 Å². The standard InChI is InChI=1S/C23H24N2O4/c1-23(19-10-6-3-7-11-19)20(16-21(26)24-12-14-28-15-13-24)29-22(27)25(23)17-18-8-4-2-5-9-18/h2-11,16H,12-15,17H2,1H3/b20-16-. The monoisotopic (exact) mass is 392 g/mol. The summed E-state index contributed by atoms with van der Waals surface area (Å²) in [6.07, 6.45) is 1.00. The predicted octanol–water partition coefficient (Wildman–Crippen LogP) is 3.30. The molecule has 2 aromatic carbocycles. The zero-order valence-corrected chi connectivity index (χ0v) is 16.4. The summed E-state index contributed by atoms with van der Waals surface area (Å²) >= 11 is 0. The van der Waals surface area contributed by atoms with E-state index in [4.69, 9.17) is 9.47 Å². The number of carbonyl (C=O) groups is 2. The van der Waals surface area contributed by atoms with E-state index in [1.807, 2.05) is 67.6 Å². The Morgan fingerprint density at radius 3 is 2.31 bits per heavy atom. The first-order chi connectivity index (χ1) is 14.1. The van der Waals surface area contributed by atoms with Gasteiger partial charge in [-0.1, -0.05) is 60.7 Å². The Balaban J connectivity index is 1.71. The average molecular weight is 392 g/mol. The lowest BCUT2D eigenvalue weighted by Gasteiger charge is -2.33. The van der Waals surface area contributed by atoms with Crippen molar-refractivity contribution in [3.05, 3.63) is 83.6 Å². The molecule has 2 heterocycles. The molecule has 2 aromatic rings. The second kappa shape index (κ2) is 8.09. The molecule has 0 radical (unpaired) electrons. The van der Waals surface area contributed by atoms with Crippen LogP contribution in [-0.2, 0) is 26.4 Å². The van der Waals surface area contributed by atoms with Crippen molar-refractivity contribution in [2.24, 2.45) is 0 Å². The van der Waals surface area contributed by atoms with Crippen LogP contribution in [0.1, 0.15) is 18.1 Å². The zero-order chi connectivity index (χ0) is 20.3. The second-order valence-electron chi connectivity index (χ2n) is 7.32. The van der Waals surface area contributed by atoms with Gasteiger partial charge in [0.05, 0.1) is 19.8 Å². The molecule has 2 aliphatic heterocycles. The Morgan fingerprint density at radius 1 is 1.03 bits per heavy atom. The number of nitrogens with zero attached hydrogens (tertiary/aromatic N) is 2. The Morgan fingerprint density at radius 2 is 1.66 bits per heavy atom. The smallest absolute Gasteiger partial charge is 0.412 e. The molecule has 0 bridgehead atoms. The molecule has 2 fully saturated rings. The summed E-state index contributed by atoms with van der Waals surface area (Å²) < 4.78 is 11.0. The van der Waals surface area contributed by atoms with Crippen molar-refractivity contribution in [2.45, 2.75) is 19.0 Å². The van der Waals surface area contributed by atoms with Crippen LogP contribution in [0.3, 0.4) is 0 Å². The lowest BCUT2D eigenvalue weighted by Crippen LogP contribution is -2.42. The molecule has 1 atom stereocenters. The van der Waals surface area contributed by atoms with Gasteiger partial charge in [0.25, 0.3) is 0 Å². The van der Waals surface area contributed by atoms with Gasteiger partial charge in [0, 0.05) is 19.2 Å². The Kier molecular flexibility index (Phi) is 5.36. The number of benzene rings is 2. The van der Waals surface area contributed by atoms with Crippen LogP contribution in [0.5, 0.6) is 0 Å². The van der Waals surface area contributed by atoms with Crippen LogP contribution in [0, 0.1) is 0 Å². The van der Waals surface area contributed by atoms with Gasteiger partial charge < -0.3 is 14.4 Å². The molecular formula is C23H24N2O4. The molecule has 2 aliphatic rings. The van der Waals surface area contributed by atoms with Crippen LogP contribution in [0.4, 0.5) is 4.79 Å². The van der Waals surface area contributed by atoms with Crippen molar-refractivity contribution >= 4 is 12.0 Å². The Hall–Kier alpha value is -3.12. The van der Waals surface area contributed by atoms with E-state index in [2.05, 4.69) is 0 Å². The average Bonchev–Trinajstić information content (AvgIpc) is 3.01. The van der Waals surface area contributed by atoms with Crippen LogP contribution in [0.15, 0.2) is 72.5 Å². The van der Waals surface area contributed by atoms with Crippen molar-refractivity contribution in [1.82, 2.24) is 9.80 Å². The minimum absolute atomic E-state index is 0.167. The van der Waals surface area contributed by atoms with Gasteiger partial charge in [-0.3, -0.25) is 9.69 Å². The van der Waals surface area contributed by atoms with E-state index in [9.17, 15) is 9.59 Å². The molecule has 1 unspecified atom stereocenters. The molecule has 2 amide bonds. The van der Waals surface area contributed by atoms with Gasteiger partial charge in [0.1, 0.15) is 11.3 Å². The number of rotatable bonds is 4. The molecule has 2 saturated heterocycles. The summed E-state index contributed by atoms with van der Waals surface area (Å²) in [6, 6.07) is 19.4. The third kappa shape index (κ3) is 3.76. The molecule has 0 aromatic heterocycles. The molecule has 6 heteroatoms. The molecular weight excluding hydrogens is 368 g/mol. The number of ether oxygens (including phenoxy) is 2. The van der Waals surface area contributed by atoms with Crippen LogP contribution in [0.25, 0.3) is 0 Å². The van der Waals surface area contributed by atoms with Gasteiger partial charge in [-0.25, -0.2) is 4.79 Å². The van der Waals surface area contributed by atoms with Crippen molar-refractivity contribution in [1.29, 1.82) is 0 Å². The van der Waals surface area contributed by atoms with Crippen molar-refractivity contribution in [3.8, 4) is 0 Å². The van der Waals surface area contributed by atoms with E-state index >= 15 is 0 Å². The van der Waals surface area contributed by atoms with E-state index in [1.54, 1.807) is 9.80 Å². The fourth-order valence-corrected chi connectivity index (χ4v) is 3.77. The van der Waals surface area contributed by atoms with Gasteiger partial charge in [0.2, 0.25) is 5.91 Å². The highest BCUT2D eigenvalue weighted by Crippen LogP contribution is 2.43. The van der Waals surface area contributed by atoms with Gasteiger partial charge in [-0.15, -0.1) is 0 Å². The van der Waals surface area contributed by atoms with Gasteiger partial charge in [-0.05, 0) is 18.1 Å². The molecule has 150 valence electrons. The minimum Gasteiger partial charge on any atom is -0.412 e.